The molecule has 1 aliphatic heterocycles. The summed E-state index contributed by atoms with van der Waals surface area (Å²) in [7, 11) is 1.68. The lowest BCUT2D eigenvalue weighted by molar-refractivity contribution is 0.0572. The quantitative estimate of drug-likeness (QED) is 0.620. The average Bonchev–Trinajstić information content (AvgIpc) is 2.75. The number of hydrogen-bond acceptors (Lipinski definition) is 6. The summed E-state index contributed by atoms with van der Waals surface area (Å²) in [4.78, 5) is 6.38. The zero-order valence-corrected chi connectivity index (χ0v) is 12.0. The molecule has 0 aliphatic carbocycles. The zero-order valence-electron chi connectivity index (χ0n) is 12.0. The molecule has 2 atom stereocenters. The van der Waals surface area contributed by atoms with Gasteiger partial charge in [0, 0.05) is 39.5 Å². The summed E-state index contributed by atoms with van der Waals surface area (Å²) in [6.45, 7) is 5.11. The first-order valence-corrected chi connectivity index (χ1v) is 6.88. The molecule has 2 unspecified atom stereocenters. The fourth-order valence-electron chi connectivity index (χ4n) is 2.40. The number of pyridine rings is 1. The number of anilines is 1. The minimum atomic E-state index is -0.688. The predicted octanol–water partition coefficient (Wildman–Crippen LogP) is -0.332. The highest BCUT2D eigenvalue weighted by Gasteiger charge is 2.30. The number of nitrogens with zero attached hydrogens (tertiary/aromatic N) is 2. The average molecular weight is 281 g/mol. The summed E-state index contributed by atoms with van der Waals surface area (Å²) in [5.74, 6) is 0.834. The largest absolute Gasteiger partial charge is 0.389 e. The van der Waals surface area contributed by atoms with Gasteiger partial charge in [-0.3, -0.25) is 0 Å². The Balaban J connectivity index is 1.96. The minimum absolute atomic E-state index is 0.431. The van der Waals surface area contributed by atoms with Crippen molar-refractivity contribution in [2.75, 3.05) is 38.3 Å². The Morgan fingerprint density at radius 3 is 2.70 bits per heavy atom. The Hall–Kier alpha value is -1.21. The van der Waals surface area contributed by atoms with E-state index in [-0.39, 0.29) is 0 Å². The first kappa shape index (κ1) is 15.2. The van der Waals surface area contributed by atoms with E-state index in [4.69, 9.17) is 4.74 Å². The molecule has 1 aromatic heterocycles. The molecule has 0 aromatic carbocycles. The summed E-state index contributed by atoms with van der Waals surface area (Å²) < 4.78 is 4.98. The van der Waals surface area contributed by atoms with Crippen LogP contribution < -0.4 is 10.2 Å². The van der Waals surface area contributed by atoms with Crippen LogP contribution in [-0.4, -0.2) is 60.8 Å². The topological polar surface area (TPSA) is 77.9 Å². The van der Waals surface area contributed by atoms with E-state index in [2.05, 4.69) is 16.4 Å². The van der Waals surface area contributed by atoms with Crippen molar-refractivity contribution in [2.24, 2.45) is 0 Å². The van der Waals surface area contributed by atoms with Crippen LogP contribution in [0.15, 0.2) is 12.3 Å². The lowest BCUT2D eigenvalue weighted by Crippen LogP contribution is -2.23. The molecule has 6 heteroatoms. The van der Waals surface area contributed by atoms with Crippen molar-refractivity contribution in [1.29, 1.82) is 0 Å². The molecule has 0 radical (unpaired) electrons. The van der Waals surface area contributed by atoms with Crippen molar-refractivity contribution in [3.05, 3.63) is 23.4 Å². The third kappa shape index (κ3) is 3.67. The van der Waals surface area contributed by atoms with Gasteiger partial charge in [-0.05, 0) is 24.1 Å². The normalized spacial score (nSPS) is 22.5. The van der Waals surface area contributed by atoms with Gasteiger partial charge in [-0.1, -0.05) is 0 Å². The van der Waals surface area contributed by atoms with Crippen LogP contribution in [0.3, 0.4) is 0 Å². The van der Waals surface area contributed by atoms with E-state index in [1.807, 2.05) is 18.0 Å². The fourth-order valence-corrected chi connectivity index (χ4v) is 2.40. The molecule has 1 aromatic rings. The van der Waals surface area contributed by atoms with E-state index in [0.717, 1.165) is 30.0 Å². The van der Waals surface area contributed by atoms with Crippen molar-refractivity contribution < 1.29 is 14.9 Å². The number of hydrogen-bond donors (Lipinski definition) is 3. The summed E-state index contributed by atoms with van der Waals surface area (Å²) in [5, 5.41) is 22.5. The number of rotatable bonds is 6. The first-order valence-electron chi connectivity index (χ1n) is 6.88. The third-order valence-electron chi connectivity index (χ3n) is 3.48. The number of aliphatic hydroxyl groups excluding tert-OH is 2. The standard InChI is InChI=1S/C14H23N3O3/c1-10-5-11(6-15-3-4-20-2)7-16-14(10)17-8-12(18)13(19)9-17/h5,7,12-13,15,18-19H,3-4,6,8-9H2,1-2H3. The second-order valence-electron chi connectivity index (χ2n) is 5.19. The second kappa shape index (κ2) is 6.99. The number of ether oxygens (including phenoxy) is 1. The number of methoxy groups -OCH3 is 1. The monoisotopic (exact) mass is 281 g/mol. The Bertz CT molecular complexity index is 432. The second-order valence-corrected chi connectivity index (χ2v) is 5.19. The molecule has 1 saturated heterocycles. The molecule has 0 bridgehead atoms. The van der Waals surface area contributed by atoms with Crippen LogP contribution in [0.2, 0.25) is 0 Å². The number of aromatic nitrogens is 1. The summed E-state index contributed by atoms with van der Waals surface area (Å²) in [5.41, 5.74) is 2.17. The highest BCUT2D eigenvalue weighted by Crippen LogP contribution is 2.22. The van der Waals surface area contributed by atoms with Crippen LogP contribution in [0.1, 0.15) is 11.1 Å². The van der Waals surface area contributed by atoms with Gasteiger partial charge in [-0.2, -0.15) is 0 Å². The Kier molecular flexibility index (Phi) is 5.31. The Morgan fingerprint density at radius 2 is 2.10 bits per heavy atom. The van der Waals surface area contributed by atoms with Gasteiger partial charge in [-0.15, -0.1) is 0 Å². The van der Waals surface area contributed by atoms with Gasteiger partial charge in [0.25, 0.3) is 0 Å². The lowest BCUT2D eigenvalue weighted by atomic mass is 10.2. The zero-order chi connectivity index (χ0) is 14.5. The molecular weight excluding hydrogens is 258 g/mol. The van der Waals surface area contributed by atoms with Gasteiger partial charge in [0.1, 0.15) is 5.82 Å². The molecule has 0 amide bonds. The van der Waals surface area contributed by atoms with Crippen LogP contribution in [0.4, 0.5) is 5.82 Å². The summed E-state index contributed by atoms with van der Waals surface area (Å²) >= 11 is 0. The SMILES string of the molecule is COCCNCc1cnc(N2CC(O)C(O)C2)c(C)c1. The van der Waals surface area contributed by atoms with Gasteiger partial charge in [0.15, 0.2) is 0 Å². The van der Waals surface area contributed by atoms with Crippen molar-refractivity contribution in [1.82, 2.24) is 10.3 Å². The number of nitrogens with one attached hydrogen (secondary N) is 1. The summed E-state index contributed by atoms with van der Waals surface area (Å²) in [6, 6.07) is 2.08. The maximum absolute atomic E-state index is 9.60. The molecule has 2 rings (SSSR count). The van der Waals surface area contributed by atoms with Crippen molar-refractivity contribution >= 4 is 5.82 Å². The van der Waals surface area contributed by atoms with Gasteiger partial charge in [0.2, 0.25) is 0 Å². The lowest BCUT2D eigenvalue weighted by Gasteiger charge is -2.19. The highest BCUT2D eigenvalue weighted by atomic mass is 16.5. The molecule has 112 valence electrons. The fraction of sp³-hybridized carbons (Fsp3) is 0.643. The molecule has 0 saturated carbocycles. The third-order valence-corrected chi connectivity index (χ3v) is 3.48. The van der Waals surface area contributed by atoms with Crippen LogP contribution in [0, 0.1) is 6.92 Å². The van der Waals surface area contributed by atoms with Gasteiger partial charge < -0.3 is 25.2 Å². The van der Waals surface area contributed by atoms with E-state index in [0.29, 0.717) is 19.7 Å². The van der Waals surface area contributed by atoms with Gasteiger partial charge >= 0.3 is 0 Å². The molecule has 2 heterocycles. The van der Waals surface area contributed by atoms with Gasteiger partial charge in [-0.25, -0.2) is 4.98 Å². The van der Waals surface area contributed by atoms with Crippen LogP contribution in [0.5, 0.6) is 0 Å². The molecule has 1 aliphatic rings. The number of aryl methyl sites for hydroxylation is 1. The van der Waals surface area contributed by atoms with Crippen molar-refractivity contribution in [2.45, 2.75) is 25.7 Å². The minimum Gasteiger partial charge on any atom is -0.389 e. The molecule has 1 fully saturated rings. The van der Waals surface area contributed by atoms with Gasteiger partial charge in [0.05, 0.1) is 18.8 Å². The Labute approximate surface area is 119 Å². The van der Waals surface area contributed by atoms with E-state index in [9.17, 15) is 10.2 Å². The van der Waals surface area contributed by atoms with Crippen LogP contribution in [-0.2, 0) is 11.3 Å². The summed E-state index contributed by atoms with van der Waals surface area (Å²) in [6.07, 6.45) is 0.456. The Morgan fingerprint density at radius 1 is 1.40 bits per heavy atom. The molecule has 3 N–H and O–H groups in total. The van der Waals surface area contributed by atoms with E-state index < -0.39 is 12.2 Å². The van der Waals surface area contributed by atoms with E-state index in [1.54, 1.807) is 7.11 Å². The van der Waals surface area contributed by atoms with E-state index >= 15 is 0 Å². The molecule has 0 spiro atoms. The number of aliphatic hydroxyl groups is 2. The molecular formula is C14H23N3O3. The predicted molar refractivity (Wildman–Crippen MR) is 76.8 cm³/mol. The highest BCUT2D eigenvalue weighted by molar-refractivity contribution is 5.48. The van der Waals surface area contributed by atoms with Crippen LogP contribution >= 0.6 is 0 Å². The number of β-amino-alcohol motifs (C(OH)–C–C–N with tert-alkyl or cyclic N) is 2. The molecule has 6 nitrogen and oxygen atoms in total. The smallest absolute Gasteiger partial charge is 0.131 e. The van der Waals surface area contributed by atoms with Crippen LogP contribution in [0.25, 0.3) is 0 Å². The van der Waals surface area contributed by atoms with Crippen molar-refractivity contribution in [3.63, 3.8) is 0 Å². The maximum atomic E-state index is 9.60. The maximum Gasteiger partial charge on any atom is 0.131 e. The first-order chi connectivity index (χ1) is 9.61. The van der Waals surface area contributed by atoms with Crippen molar-refractivity contribution in [3.8, 4) is 0 Å². The van der Waals surface area contributed by atoms with E-state index in [1.165, 1.54) is 0 Å². The molecule has 20 heavy (non-hydrogen) atoms.